The molecule has 5 heteroatoms. The first-order valence-corrected chi connectivity index (χ1v) is 12.4. The third-order valence-electron chi connectivity index (χ3n) is 6.45. The minimum atomic E-state index is 0.807. The summed E-state index contributed by atoms with van der Waals surface area (Å²) in [4.78, 5) is 3.99. The Labute approximate surface area is 199 Å². The van der Waals surface area contributed by atoms with E-state index in [2.05, 4.69) is 98.1 Å². The van der Waals surface area contributed by atoms with Crippen molar-refractivity contribution in [1.29, 1.82) is 0 Å². The fourth-order valence-corrected chi connectivity index (χ4v) is 4.62. The number of nitrogens with one attached hydrogen (secondary N) is 2. The molecule has 32 heavy (non-hydrogen) atoms. The number of benzene rings is 2. The summed E-state index contributed by atoms with van der Waals surface area (Å²) in [5, 5.41) is 5.68. The predicted octanol–water partition coefficient (Wildman–Crippen LogP) is 4.79. The van der Waals surface area contributed by atoms with E-state index in [4.69, 9.17) is 12.2 Å². The normalized spacial score (nSPS) is 11.3. The first-order valence-electron chi connectivity index (χ1n) is 12.0. The second-order valence-corrected chi connectivity index (χ2v) is 9.07. The molecule has 0 bridgehead atoms. The number of anilines is 1. The lowest BCUT2D eigenvalue weighted by Gasteiger charge is -2.27. The molecule has 0 spiro atoms. The van der Waals surface area contributed by atoms with Gasteiger partial charge in [0.05, 0.1) is 19.6 Å². The fourth-order valence-electron chi connectivity index (χ4n) is 4.36. The van der Waals surface area contributed by atoms with Gasteiger partial charge in [-0.1, -0.05) is 30.3 Å². The summed E-state index contributed by atoms with van der Waals surface area (Å²) in [6.45, 7) is 17.2. The Bertz CT molecular complexity index is 1040. The van der Waals surface area contributed by atoms with Crippen LogP contribution in [-0.4, -0.2) is 40.8 Å². The van der Waals surface area contributed by atoms with Gasteiger partial charge in [-0.2, -0.15) is 0 Å². The highest BCUT2D eigenvalue weighted by atomic mass is 32.1. The van der Waals surface area contributed by atoms with Gasteiger partial charge in [-0.15, -0.1) is 0 Å². The van der Waals surface area contributed by atoms with Crippen LogP contribution in [0.25, 0.3) is 10.9 Å². The SMILES string of the molecule is CCn1cc(CN(CCC[NH+](CC)CC)C(=S)Nc2cc(C)ccc2C)c2ccccc21. The van der Waals surface area contributed by atoms with Crippen molar-refractivity contribution < 1.29 is 4.90 Å². The van der Waals surface area contributed by atoms with Crippen molar-refractivity contribution >= 4 is 33.9 Å². The standard InChI is InChI=1S/C27H38N4S/c1-6-29(7-2)16-11-17-31(27(32)28-25-18-21(4)14-15-22(25)5)20-23-19-30(8-3)26-13-10-9-12-24(23)26/h9-10,12-15,18-19H,6-8,11,16-17,20H2,1-5H3,(H,28,32)/p+1. The number of hydrogen-bond acceptors (Lipinski definition) is 1. The first-order chi connectivity index (χ1) is 15.5. The number of nitrogens with zero attached hydrogens (tertiary/aromatic N) is 2. The topological polar surface area (TPSA) is 24.6 Å². The van der Waals surface area contributed by atoms with Crippen LogP contribution in [0.2, 0.25) is 0 Å². The molecular weight excluding hydrogens is 412 g/mol. The molecule has 0 unspecified atom stereocenters. The Morgan fingerprint density at radius 2 is 1.81 bits per heavy atom. The molecule has 172 valence electrons. The van der Waals surface area contributed by atoms with Gasteiger partial charge in [0.2, 0.25) is 0 Å². The monoisotopic (exact) mass is 451 g/mol. The largest absolute Gasteiger partial charge is 0.347 e. The Morgan fingerprint density at radius 1 is 1.06 bits per heavy atom. The molecule has 2 aromatic carbocycles. The maximum atomic E-state index is 5.95. The molecule has 1 aromatic heterocycles. The zero-order valence-electron chi connectivity index (χ0n) is 20.4. The second kappa shape index (κ2) is 11.5. The molecule has 0 aliphatic rings. The van der Waals surface area contributed by atoms with Gasteiger partial charge in [0.15, 0.2) is 5.11 Å². The van der Waals surface area contributed by atoms with Gasteiger partial charge in [-0.05, 0) is 75.7 Å². The van der Waals surface area contributed by atoms with Crippen LogP contribution in [-0.2, 0) is 13.1 Å². The molecule has 0 amide bonds. The maximum Gasteiger partial charge on any atom is 0.173 e. The van der Waals surface area contributed by atoms with E-state index in [0.717, 1.165) is 36.9 Å². The van der Waals surface area contributed by atoms with Crippen LogP contribution in [0.15, 0.2) is 48.7 Å². The van der Waals surface area contributed by atoms with E-state index in [1.807, 2.05) is 0 Å². The number of fused-ring (bicyclic) bond motifs is 1. The molecular formula is C27H39N4S+. The van der Waals surface area contributed by atoms with E-state index < -0.39 is 0 Å². The van der Waals surface area contributed by atoms with E-state index in [-0.39, 0.29) is 0 Å². The lowest BCUT2D eigenvalue weighted by molar-refractivity contribution is -0.896. The molecule has 0 radical (unpaired) electrons. The molecule has 2 N–H and O–H groups in total. The molecule has 1 heterocycles. The average molecular weight is 452 g/mol. The van der Waals surface area contributed by atoms with Crippen LogP contribution in [0.1, 0.15) is 43.9 Å². The summed E-state index contributed by atoms with van der Waals surface area (Å²) >= 11 is 5.95. The van der Waals surface area contributed by atoms with E-state index >= 15 is 0 Å². The van der Waals surface area contributed by atoms with Crippen LogP contribution in [0.3, 0.4) is 0 Å². The van der Waals surface area contributed by atoms with Gasteiger partial charge < -0.3 is 19.7 Å². The number of thiocarbonyl (C=S) groups is 1. The molecule has 0 fully saturated rings. The lowest BCUT2D eigenvalue weighted by Crippen LogP contribution is -3.11. The van der Waals surface area contributed by atoms with Crippen LogP contribution in [0.5, 0.6) is 0 Å². The van der Waals surface area contributed by atoms with Crippen LogP contribution in [0.4, 0.5) is 5.69 Å². The zero-order chi connectivity index (χ0) is 23.1. The summed E-state index contributed by atoms with van der Waals surface area (Å²) in [6.07, 6.45) is 3.42. The smallest absolute Gasteiger partial charge is 0.173 e. The number of aryl methyl sites for hydroxylation is 3. The molecule has 4 nitrogen and oxygen atoms in total. The summed E-state index contributed by atoms with van der Waals surface area (Å²) in [7, 11) is 0. The van der Waals surface area contributed by atoms with Crippen LogP contribution >= 0.6 is 12.2 Å². The third-order valence-corrected chi connectivity index (χ3v) is 6.81. The minimum Gasteiger partial charge on any atom is -0.347 e. The van der Waals surface area contributed by atoms with Crippen LogP contribution in [0, 0.1) is 13.8 Å². The van der Waals surface area contributed by atoms with E-state index in [1.165, 1.54) is 47.2 Å². The highest BCUT2D eigenvalue weighted by molar-refractivity contribution is 7.80. The highest BCUT2D eigenvalue weighted by Gasteiger charge is 2.16. The van der Waals surface area contributed by atoms with Crippen molar-refractivity contribution in [2.75, 3.05) is 31.5 Å². The number of para-hydroxylation sites is 1. The lowest BCUT2D eigenvalue weighted by atomic mass is 10.1. The van der Waals surface area contributed by atoms with Crippen LogP contribution < -0.4 is 10.2 Å². The van der Waals surface area contributed by atoms with E-state index in [9.17, 15) is 0 Å². The van der Waals surface area contributed by atoms with Gasteiger partial charge in [0.1, 0.15) is 0 Å². The molecule has 0 saturated carbocycles. The van der Waals surface area contributed by atoms with E-state index in [0.29, 0.717) is 0 Å². The Kier molecular flexibility index (Phi) is 8.71. The van der Waals surface area contributed by atoms with Crippen molar-refractivity contribution in [1.82, 2.24) is 9.47 Å². The highest BCUT2D eigenvalue weighted by Crippen LogP contribution is 2.24. The summed E-state index contributed by atoms with van der Waals surface area (Å²) < 4.78 is 2.34. The Balaban J connectivity index is 1.83. The first kappa shape index (κ1) is 24.3. The fraction of sp³-hybridized carbons (Fsp3) is 0.444. The molecule has 3 rings (SSSR count). The summed E-state index contributed by atoms with van der Waals surface area (Å²) in [5.41, 5.74) is 6.19. The van der Waals surface area contributed by atoms with Crippen molar-refractivity contribution in [2.24, 2.45) is 0 Å². The van der Waals surface area contributed by atoms with Gasteiger partial charge in [-0.25, -0.2) is 0 Å². The number of rotatable bonds is 10. The Morgan fingerprint density at radius 3 is 2.53 bits per heavy atom. The molecule has 0 atom stereocenters. The quantitative estimate of drug-likeness (QED) is 0.434. The molecule has 0 aliphatic carbocycles. The van der Waals surface area contributed by atoms with E-state index in [1.54, 1.807) is 4.90 Å². The van der Waals surface area contributed by atoms with Gasteiger partial charge in [0.25, 0.3) is 0 Å². The molecule has 3 aromatic rings. The van der Waals surface area contributed by atoms with Gasteiger partial charge in [0, 0.05) is 48.8 Å². The minimum absolute atomic E-state index is 0.807. The average Bonchev–Trinajstić information content (AvgIpc) is 3.16. The number of aromatic nitrogens is 1. The van der Waals surface area contributed by atoms with Gasteiger partial charge in [-0.3, -0.25) is 0 Å². The predicted molar refractivity (Wildman–Crippen MR) is 142 cm³/mol. The summed E-state index contributed by atoms with van der Waals surface area (Å²) in [5.74, 6) is 0. The van der Waals surface area contributed by atoms with Crippen molar-refractivity contribution in [3.05, 3.63) is 65.4 Å². The second-order valence-electron chi connectivity index (χ2n) is 8.69. The van der Waals surface area contributed by atoms with Crippen molar-refractivity contribution in [3.8, 4) is 0 Å². The van der Waals surface area contributed by atoms with Crippen molar-refractivity contribution in [2.45, 2.75) is 54.1 Å². The number of hydrogen-bond donors (Lipinski definition) is 2. The Hall–Kier alpha value is -2.37. The molecule has 0 aliphatic heterocycles. The molecule has 0 saturated heterocycles. The summed E-state index contributed by atoms with van der Waals surface area (Å²) in [6, 6.07) is 15.2. The zero-order valence-corrected chi connectivity index (χ0v) is 21.2. The van der Waals surface area contributed by atoms with Gasteiger partial charge >= 0.3 is 0 Å². The third kappa shape index (κ3) is 5.90. The number of quaternary nitrogens is 1. The maximum absolute atomic E-state index is 5.95. The van der Waals surface area contributed by atoms with Crippen molar-refractivity contribution in [3.63, 3.8) is 0 Å².